The Bertz CT molecular complexity index is 823. The number of aromatic nitrogens is 2. The number of hydrogen-bond acceptors (Lipinski definition) is 4. The third-order valence-corrected chi connectivity index (χ3v) is 5.36. The minimum atomic E-state index is -0.194. The van der Waals surface area contributed by atoms with Crippen molar-refractivity contribution in [2.75, 3.05) is 45.7 Å². The van der Waals surface area contributed by atoms with Crippen LogP contribution in [0.4, 0.5) is 10.1 Å². The van der Waals surface area contributed by atoms with Gasteiger partial charge in [0.1, 0.15) is 5.82 Å². The average Bonchev–Trinajstić information content (AvgIpc) is 3.13. The van der Waals surface area contributed by atoms with Gasteiger partial charge in [-0.25, -0.2) is 4.39 Å². The lowest BCUT2D eigenvalue weighted by Gasteiger charge is -2.35. The topological polar surface area (TPSA) is 60.7 Å². The summed E-state index contributed by atoms with van der Waals surface area (Å²) in [4.78, 5) is 8.80. The number of nitrogens with zero attached hydrogens (tertiary/aromatic N) is 5. The lowest BCUT2D eigenvalue weighted by molar-refractivity contribution is 0.297. The molecule has 1 saturated heterocycles. The van der Waals surface area contributed by atoms with Crippen LogP contribution in [-0.4, -0.2) is 67.5 Å². The number of halogens is 2. The van der Waals surface area contributed by atoms with Crippen LogP contribution in [0.25, 0.3) is 0 Å². The van der Waals surface area contributed by atoms with E-state index >= 15 is 0 Å². The van der Waals surface area contributed by atoms with Crippen LogP contribution in [0.2, 0.25) is 0 Å². The van der Waals surface area contributed by atoms with Crippen LogP contribution in [0.5, 0.6) is 0 Å². The molecule has 7 nitrogen and oxygen atoms in total. The first-order valence-electron chi connectivity index (χ1n) is 10.1. The molecule has 0 saturated carbocycles. The molecule has 30 heavy (non-hydrogen) atoms. The zero-order chi connectivity index (χ0) is 20.8. The summed E-state index contributed by atoms with van der Waals surface area (Å²) >= 11 is 0. The number of rotatable bonds is 6. The number of guanidine groups is 1. The number of anilines is 1. The van der Waals surface area contributed by atoms with Crippen molar-refractivity contribution in [1.29, 1.82) is 0 Å². The largest absolute Gasteiger partial charge is 0.369 e. The van der Waals surface area contributed by atoms with Gasteiger partial charge in [0.25, 0.3) is 0 Å². The lowest BCUT2D eigenvalue weighted by Crippen LogP contribution is -2.52. The predicted molar refractivity (Wildman–Crippen MR) is 131 cm³/mol. The summed E-state index contributed by atoms with van der Waals surface area (Å²) < 4.78 is 15.4. The maximum Gasteiger partial charge on any atom is 0.191 e. The number of aliphatic imine (C=N–C) groups is 1. The van der Waals surface area contributed by atoms with E-state index in [4.69, 9.17) is 0 Å². The summed E-state index contributed by atoms with van der Waals surface area (Å²) in [5.41, 5.74) is 2.10. The van der Waals surface area contributed by atoms with Gasteiger partial charge in [0.05, 0.1) is 12.2 Å². The second-order valence-corrected chi connectivity index (χ2v) is 7.79. The van der Waals surface area contributed by atoms with E-state index in [-0.39, 0.29) is 41.9 Å². The van der Waals surface area contributed by atoms with E-state index in [1.54, 1.807) is 19.2 Å². The summed E-state index contributed by atoms with van der Waals surface area (Å²) in [6.45, 7) is 2.49. The highest BCUT2D eigenvalue weighted by Crippen LogP contribution is 2.21. The fourth-order valence-electron chi connectivity index (χ4n) is 3.79. The highest BCUT2D eigenvalue weighted by atomic mass is 127. The van der Waals surface area contributed by atoms with Crippen molar-refractivity contribution < 1.29 is 4.39 Å². The van der Waals surface area contributed by atoms with E-state index in [9.17, 15) is 4.39 Å². The first-order chi connectivity index (χ1) is 14.0. The monoisotopic (exact) mass is 529 g/mol. The Hall–Kier alpha value is -1.88. The van der Waals surface area contributed by atoms with Crippen molar-refractivity contribution in [2.45, 2.75) is 24.9 Å². The minimum Gasteiger partial charge on any atom is -0.369 e. The molecule has 9 heteroatoms. The van der Waals surface area contributed by atoms with E-state index in [0.29, 0.717) is 0 Å². The molecule has 2 aromatic rings. The van der Waals surface area contributed by atoms with Crippen molar-refractivity contribution in [3.05, 3.63) is 48.0 Å². The van der Waals surface area contributed by atoms with Gasteiger partial charge in [0.15, 0.2) is 5.96 Å². The second-order valence-electron chi connectivity index (χ2n) is 7.79. The highest BCUT2D eigenvalue weighted by Gasteiger charge is 2.22. The molecule has 2 unspecified atom stereocenters. The minimum absolute atomic E-state index is 0. The molecule has 2 heterocycles. The lowest BCUT2D eigenvalue weighted by atomic mass is 10.0. The Morgan fingerprint density at radius 3 is 2.83 bits per heavy atom. The molecule has 1 aromatic heterocycles. The number of likely N-dealkylation sites (N-methyl/N-ethyl adjacent to an activating group) is 1. The maximum absolute atomic E-state index is 13.6. The Morgan fingerprint density at radius 1 is 1.40 bits per heavy atom. The van der Waals surface area contributed by atoms with Crippen LogP contribution in [0.1, 0.15) is 24.4 Å². The molecular formula is C21H33FIN7. The number of nitrogens with one attached hydrogen (secondary N) is 2. The fourth-order valence-corrected chi connectivity index (χ4v) is 3.79. The summed E-state index contributed by atoms with van der Waals surface area (Å²) in [6, 6.07) is 7.27. The molecule has 0 spiro atoms. The molecule has 0 bridgehead atoms. The molecule has 3 rings (SSSR count). The first kappa shape index (κ1) is 24.4. The normalized spacial score (nSPS) is 18.1. The van der Waals surface area contributed by atoms with E-state index in [2.05, 4.69) is 44.6 Å². The molecule has 166 valence electrons. The van der Waals surface area contributed by atoms with Gasteiger partial charge in [-0.3, -0.25) is 9.67 Å². The molecular weight excluding hydrogens is 496 g/mol. The summed E-state index contributed by atoms with van der Waals surface area (Å²) in [5, 5.41) is 11.3. The van der Waals surface area contributed by atoms with Crippen molar-refractivity contribution in [3.63, 3.8) is 0 Å². The standard InChI is InChI=1S/C21H32FN7.HI/c1-23-21(24-13-20(27(2)3)16-12-25-28(4)14-16)26-18-8-6-10-29(15-18)19-9-5-7-17(22)11-19;/h5,7,9,11-12,14,18,20H,6,8,10,13,15H2,1-4H3,(H2,23,24,26);1H. The summed E-state index contributed by atoms with van der Waals surface area (Å²) in [5.74, 6) is 0.590. The Balaban J connectivity index is 0.00000320. The van der Waals surface area contributed by atoms with Crippen LogP contribution < -0.4 is 15.5 Å². The van der Waals surface area contributed by atoms with Crippen molar-refractivity contribution in [2.24, 2.45) is 12.0 Å². The molecule has 0 radical (unpaired) electrons. The van der Waals surface area contributed by atoms with Gasteiger partial charge in [0, 0.05) is 57.2 Å². The number of aryl methyl sites for hydroxylation is 1. The fraction of sp³-hybridized carbons (Fsp3) is 0.524. The third-order valence-electron chi connectivity index (χ3n) is 5.36. The molecule has 1 aliphatic rings. The van der Waals surface area contributed by atoms with Gasteiger partial charge in [-0.1, -0.05) is 6.07 Å². The third kappa shape index (κ3) is 6.56. The average molecular weight is 529 g/mol. The number of hydrogen-bond donors (Lipinski definition) is 2. The SMILES string of the molecule is CN=C(NCC(c1cnn(C)c1)N(C)C)NC1CCCN(c2cccc(F)c2)C1.I. The van der Waals surface area contributed by atoms with E-state index < -0.39 is 0 Å². The molecule has 1 aliphatic heterocycles. The van der Waals surface area contributed by atoms with E-state index in [1.807, 2.05) is 30.2 Å². The molecule has 0 aliphatic carbocycles. The summed E-state index contributed by atoms with van der Waals surface area (Å²) in [7, 11) is 7.84. The van der Waals surface area contributed by atoms with E-state index in [0.717, 1.165) is 49.7 Å². The van der Waals surface area contributed by atoms with Crippen molar-refractivity contribution >= 4 is 35.6 Å². The molecule has 2 atom stereocenters. The van der Waals surface area contributed by atoms with Gasteiger partial charge < -0.3 is 20.4 Å². The van der Waals surface area contributed by atoms with E-state index in [1.165, 1.54) is 6.07 Å². The van der Waals surface area contributed by atoms with Crippen LogP contribution >= 0.6 is 24.0 Å². The van der Waals surface area contributed by atoms with Crippen molar-refractivity contribution in [3.8, 4) is 0 Å². The maximum atomic E-state index is 13.6. The molecule has 1 fully saturated rings. The van der Waals surface area contributed by atoms with Crippen LogP contribution in [-0.2, 0) is 7.05 Å². The summed E-state index contributed by atoms with van der Waals surface area (Å²) in [6.07, 6.45) is 6.06. The highest BCUT2D eigenvalue weighted by molar-refractivity contribution is 14.0. The zero-order valence-electron chi connectivity index (χ0n) is 18.2. The van der Waals surface area contributed by atoms with Gasteiger partial charge >= 0.3 is 0 Å². The van der Waals surface area contributed by atoms with Gasteiger partial charge in [0.2, 0.25) is 0 Å². The van der Waals surface area contributed by atoms with Crippen molar-refractivity contribution in [1.82, 2.24) is 25.3 Å². The van der Waals surface area contributed by atoms with Gasteiger partial charge in [-0.2, -0.15) is 5.10 Å². The zero-order valence-corrected chi connectivity index (χ0v) is 20.5. The van der Waals surface area contributed by atoms with Crippen LogP contribution in [0.3, 0.4) is 0 Å². The number of benzene rings is 1. The Morgan fingerprint density at radius 2 is 2.20 bits per heavy atom. The van der Waals surface area contributed by atoms with Crippen LogP contribution in [0, 0.1) is 5.82 Å². The second kappa shape index (κ2) is 11.5. The molecule has 0 amide bonds. The molecule has 1 aromatic carbocycles. The molecule has 2 N–H and O–H groups in total. The Kier molecular flexibility index (Phi) is 9.35. The quantitative estimate of drug-likeness (QED) is 0.343. The van der Waals surface area contributed by atoms with Crippen LogP contribution in [0.15, 0.2) is 41.7 Å². The first-order valence-corrected chi connectivity index (χ1v) is 10.1. The smallest absolute Gasteiger partial charge is 0.191 e. The van der Waals surface area contributed by atoms with Gasteiger partial charge in [-0.05, 0) is 45.1 Å². The van der Waals surface area contributed by atoms with Gasteiger partial charge in [-0.15, -0.1) is 24.0 Å². The Labute approximate surface area is 195 Å². The number of piperidine rings is 1. The predicted octanol–water partition coefficient (Wildman–Crippen LogP) is 2.61.